The Morgan fingerprint density at radius 2 is 0.949 bits per heavy atom. The number of benzene rings is 2. The van der Waals surface area contributed by atoms with Gasteiger partial charge in [0, 0.05) is 45.6 Å². The van der Waals surface area contributed by atoms with Crippen LogP contribution in [0.3, 0.4) is 0 Å². The summed E-state index contributed by atoms with van der Waals surface area (Å²) in [7, 11) is 0. The molecule has 0 saturated carbocycles. The second kappa shape index (κ2) is 14.6. The third kappa shape index (κ3) is 7.59. The summed E-state index contributed by atoms with van der Waals surface area (Å²) in [6, 6.07) is 23.3. The topological polar surface area (TPSA) is 18.5 Å². The van der Waals surface area contributed by atoms with Gasteiger partial charge >= 0.3 is 0 Å². The molecule has 0 aliphatic carbocycles. The van der Waals surface area contributed by atoms with E-state index in [0.717, 1.165) is 52.1 Å². The van der Waals surface area contributed by atoms with Crippen LogP contribution in [0.1, 0.15) is 63.5 Å². The molecule has 0 aliphatic rings. The van der Waals surface area contributed by atoms with Crippen LogP contribution in [-0.2, 0) is 22.3 Å². The molecule has 2 aromatic carbocycles. The molecule has 2 nitrogen and oxygen atoms in total. The maximum atomic E-state index is 5.45. The Labute approximate surface area is 245 Å². The minimum atomic E-state index is 0.825. The summed E-state index contributed by atoms with van der Waals surface area (Å²) in [6.45, 7) is 7.57. The fourth-order valence-corrected chi connectivity index (χ4v) is 9.03. The average molecular weight is 577 g/mol. The summed E-state index contributed by atoms with van der Waals surface area (Å²) in [5.41, 5.74) is 5.54. The predicted molar refractivity (Wildman–Crippen MR) is 174 cm³/mol. The SMILES string of the molecule is CCOCCCCCc1ccc(-c2cc3sc4cc(-c5ccc(CCCCCOCC)cc5)sc4c3s2)cc1. The highest BCUT2D eigenvalue weighted by Crippen LogP contribution is 2.48. The van der Waals surface area contributed by atoms with Crippen molar-refractivity contribution in [3.05, 3.63) is 71.8 Å². The highest BCUT2D eigenvalue weighted by Gasteiger charge is 2.15. The van der Waals surface area contributed by atoms with E-state index in [1.807, 2.05) is 34.0 Å². The van der Waals surface area contributed by atoms with Gasteiger partial charge in [0.05, 0.1) is 9.40 Å². The smallest absolute Gasteiger partial charge is 0.0636 e. The maximum Gasteiger partial charge on any atom is 0.0636 e. The number of fused-ring (bicyclic) bond motifs is 3. The van der Waals surface area contributed by atoms with Crippen LogP contribution >= 0.6 is 34.0 Å². The van der Waals surface area contributed by atoms with E-state index in [-0.39, 0.29) is 0 Å². The Morgan fingerprint density at radius 1 is 0.513 bits per heavy atom. The number of unbranched alkanes of at least 4 members (excludes halogenated alkanes) is 4. The van der Waals surface area contributed by atoms with Gasteiger partial charge < -0.3 is 9.47 Å². The van der Waals surface area contributed by atoms with Gasteiger partial charge in [-0.05, 0) is 86.8 Å². The Bertz CT molecular complexity index is 1310. The summed E-state index contributed by atoms with van der Waals surface area (Å²) in [5, 5.41) is 0. The van der Waals surface area contributed by atoms with Crippen molar-refractivity contribution in [3.63, 3.8) is 0 Å². The molecular weight excluding hydrogens is 537 g/mol. The Morgan fingerprint density at radius 3 is 1.36 bits per heavy atom. The molecule has 3 aromatic heterocycles. The van der Waals surface area contributed by atoms with Gasteiger partial charge in [0.1, 0.15) is 0 Å². The van der Waals surface area contributed by atoms with Gasteiger partial charge in [-0.1, -0.05) is 61.4 Å². The first-order valence-electron chi connectivity index (χ1n) is 14.5. The molecule has 0 amide bonds. The number of thiophene rings is 3. The Balaban J connectivity index is 1.20. The van der Waals surface area contributed by atoms with Crippen molar-refractivity contribution in [2.24, 2.45) is 0 Å². The predicted octanol–water partition coefficient (Wildman–Crippen LogP) is 11.0. The zero-order chi connectivity index (χ0) is 26.9. The fourth-order valence-electron chi connectivity index (χ4n) is 5.00. The van der Waals surface area contributed by atoms with Gasteiger partial charge in [-0.2, -0.15) is 0 Å². The van der Waals surface area contributed by atoms with Gasteiger partial charge in [0.25, 0.3) is 0 Å². The summed E-state index contributed by atoms with van der Waals surface area (Å²) >= 11 is 5.83. The van der Waals surface area contributed by atoms with Crippen molar-refractivity contribution >= 4 is 52.8 Å². The zero-order valence-electron chi connectivity index (χ0n) is 23.3. The molecule has 0 unspecified atom stereocenters. The fraction of sp³-hybridized carbons (Fsp3) is 0.412. The molecule has 0 saturated heterocycles. The molecule has 206 valence electrons. The molecule has 5 aromatic rings. The standard InChI is InChI=1S/C34H40O2S3/c1-3-35-21-9-5-7-11-25-13-17-27(18-14-25)29-23-31-33(38-29)34-32(37-31)24-30(39-34)28-19-15-26(16-20-28)12-8-6-10-22-36-4-2/h13-20,23-24H,3-12,21-22H2,1-2H3. The summed E-state index contributed by atoms with van der Waals surface area (Å²) in [6.07, 6.45) is 9.58. The molecule has 5 heteroatoms. The third-order valence-electron chi connectivity index (χ3n) is 7.22. The molecular formula is C34H40O2S3. The Hall–Kier alpha value is -2.02. The number of rotatable bonds is 16. The normalized spacial score (nSPS) is 11.7. The van der Waals surface area contributed by atoms with E-state index < -0.39 is 0 Å². The second-order valence-electron chi connectivity index (χ2n) is 10.1. The van der Waals surface area contributed by atoms with Crippen LogP contribution in [0.5, 0.6) is 0 Å². The molecule has 3 heterocycles. The molecule has 0 atom stereocenters. The monoisotopic (exact) mass is 576 g/mol. The largest absolute Gasteiger partial charge is 0.382 e. The number of aryl methyl sites for hydroxylation is 2. The van der Waals surface area contributed by atoms with E-state index in [4.69, 9.17) is 9.47 Å². The lowest BCUT2D eigenvalue weighted by Gasteiger charge is -2.04. The molecule has 0 bridgehead atoms. The van der Waals surface area contributed by atoms with E-state index in [1.54, 1.807) is 0 Å². The lowest BCUT2D eigenvalue weighted by molar-refractivity contribution is 0.143. The minimum Gasteiger partial charge on any atom is -0.382 e. The van der Waals surface area contributed by atoms with Gasteiger partial charge in [-0.15, -0.1) is 34.0 Å². The highest BCUT2D eigenvalue weighted by molar-refractivity contribution is 7.40. The number of hydrogen-bond acceptors (Lipinski definition) is 5. The van der Waals surface area contributed by atoms with E-state index >= 15 is 0 Å². The average Bonchev–Trinajstić information content (AvgIpc) is 3.64. The molecule has 0 N–H and O–H groups in total. The molecule has 5 rings (SSSR count). The van der Waals surface area contributed by atoms with Crippen LogP contribution in [0.25, 0.3) is 39.7 Å². The van der Waals surface area contributed by atoms with Crippen LogP contribution in [0.15, 0.2) is 60.7 Å². The van der Waals surface area contributed by atoms with Gasteiger partial charge in [-0.3, -0.25) is 0 Å². The lowest BCUT2D eigenvalue weighted by atomic mass is 10.0. The van der Waals surface area contributed by atoms with Gasteiger partial charge in [0.15, 0.2) is 0 Å². The van der Waals surface area contributed by atoms with E-state index in [0.29, 0.717) is 0 Å². The van der Waals surface area contributed by atoms with Crippen molar-refractivity contribution in [3.8, 4) is 20.9 Å². The van der Waals surface area contributed by atoms with Gasteiger partial charge in [0.2, 0.25) is 0 Å². The van der Waals surface area contributed by atoms with Crippen molar-refractivity contribution in [1.29, 1.82) is 0 Å². The van der Waals surface area contributed by atoms with Crippen LogP contribution < -0.4 is 0 Å². The molecule has 0 spiro atoms. The highest BCUT2D eigenvalue weighted by atomic mass is 32.1. The summed E-state index contributed by atoms with van der Waals surface area (Å²) in [4.78, 5) is 2.75. The first-order chi connectivity index (χ1) is 19.2. The molecule has 0 fully saturated rings. The van der Waals surface area contributed by atoms with Crippen molar-refractivity contribution in [2.75, 3.05) is 26.4 Å². The van der Waals surface area contributed by atoms with Crippen molar-refractivity contribution in [1.82, 2.24) is 0 Å². The van der Waals surface area contributed by atoms with Crippen LogP contribution in [0.4, 0.5) is 0 Å². The van der Waals surface area contributed by atoms with Crippen molar-refractivity contribution in [2.45, 2.75) is 65.2 Å². The zero-order valence-corrected chi connectivity index (χ0v) is 25.7. The molecule has 0 radical (unpaired) electrons. The van der Waals surface area contributed by atoms with E-state index in [2.05, 4.69) is 74.5 Å². The second-order valence-corrected chi connectivity index (χ2v) is 13.3. The summed E-state index contributed by atoms with van der Waals surface area (Å²) in [5.74, 6) is 0. The van der Waals surface area contributed by atoms with Crippen LogP contribution in [0, 0.1) is 0 Å². The first-order valence-corrected chi connectivity index (χ1v) is 17.0. The third-order valence-corrected chi connectivity index (χ3v) is 11.1. The van der Waals surface area contributed by atoms with E-state index in [9.17, 15) is 0 Å². The van der Waals surface area contributed by atoms with Gasteiger partial charge in [-0.25, -0.2) is 0 Å². The lowest BCUT2D eigenvalue weighted by Crippen LogP contribution is -1.94. The Kier molecular flexibility index (Phi) is 10.6. The number of ether oxygens (including phenoxy) is 2. The number of hydrogen-bond donors (Lipinski definition) is 0. The molecule has 39 heavy (non-hydrogen) atoms. The summed E-state index contributed by atoms with van der Waals surface area (Å²) < 4.78 is 16.6. The van der Waals surface area contributed by atoms with Crippen LogP contribution in [0.2, 0.25) is 0 Å². The quantitative estimate of drug-likeness (QED) is 0.109. The van der Waals surface area contributed by atoms with E-state index in [1.165, 1.54) is 76.5 Å². The minimum absolute atomic E-state index is 0.825. The maximum absolute atomic E-state index is 5.45. The molecule has 0 aliphatic heterocycles. The van der Waals surface area contributed by atoms with Crippen LogP contribution in [-0.4, -0.2) is 26.4 Å². The van der Waals surface area contributed by atoms with Crippen molar-refractivity contribution < 1.29 is 9.47 Å². The first kappa shape index (κ1) is 28.5.